The summed E-state index contributed by atoms with van der Waals surface area (Å²) in [6.45, 7) is 0. The first-order valence-electron chi connectivity index (χ1n) is 6.50. The van der Waals surface area contributed by atoms with Crippen molar-refractivity contribution in [3.63, 3.8) is 0 Å². The van der Waals surface area contributed by atoms with Gasteiger partial charge in [-0.2, -0.15) is 0 Å². The molecule has 0 rings (SSSR count). The number of carbonyl (C=O) groups excluding carboxylic acids is 1. The monoisotopic (exact) mass is 424 g/mol. The van der Waals surface area contributed by atoms with Gasteiger partial charge in [0, 0.05) is 0 Å². The minimum absolute atomic E-state index is 0. The van der Waals surface area contributed by atoms with Gasteiger partial charge in [0.05, 0.1) is 25.7 Å². The Morgan fingerprint density at radius 1 is 0.643 bits per heavy atom. The molecular formula is C12H17NaO15. The Labute approximate surface area is 177 Å². The average molecular weight is 424 g/mol. The van der Waals surface area contributed by atoms with E-state index in [1.165, 1.54) is 0 Å². The molecule has 0 bridgehead atoms. The van der Waals surface area contributed by atoms with E-state index in [0.29, 0.717) is 0 Å². The first-order valence-corrected chi connectivity index (χ1v) is 6.50. The molecule has 0 aliphatic rings. The van der Waals surface area contributed by atoms with Crippen molar-refractivity contribution in [3.05, 3.63) is 0 Å². The van der Waals surface area contributed by atoms with E-state index in [-0.39, 0.29) is 29.6 Å². The van der Waals surface area contributed by atoms with E-state index in [1.807, 2.05) is 0 Å². The van der Waals surface area contributed by atoms with E-state index in [2.05, 4.69) is 4.74 Å². The van der Waals surface area contributed by atoms with Crippen molar-refractivity contribution >= 4 is 65.4 Å². The fourth-order valence-electron chi connectivity index (χ4n) is 1.77. The van der Waals surface area contributed by atoms with Crippen LogP contribution in [0.3, 0.4) is 0 Å². The summed E-state index contributed by atoms with van der Waals surface area (Å²) in [6, 6.07) is 0. The van der Waals surface area contributed by atoms with Crippen molar-refractivity contribution in [2.75, 3.05) is 0 Å². The van der Waals surface area contributed by atoms with E-state index in [4.69, 9.17) is 36.0 Å². The van der Waals surface area contributed by atoms with E-state index >= 15 is 0 Å². The van der Waals surface area contributed by atoms with Crippen molar-refractivity contribution < 1.29 is 74.7 Å². The Balaban J connectivity index is -0.00000201. The van der Waals surface area contributed by atoms with Gasteiger partial charge < -0.3 is 35.4 Å². The standard InChI is InChI=1S/C12H14O13.Na.H2O2.H/c13-5(14)1-11(24,9(20)21)4-8(19)25-12(10(22)23,2-6(15)16)3-7(17)18;;1-2;/h24H,1-4H2,(H,13,14)(H,15,16)(H,17,18)(H,20,21)(H,22,23);;1-2H;. The molecule has 0 aromatic heterocycles. The van der Waals surface area contributed by atoms with Crippen molar-refractivity contribution in [2.24, 2.45) is 0 Å². The van der Waals surface area contributed by atoms with Crippen LogP contribution in [-0.4, -0.2) is 118 Å². The summed E-state index contributed by atoms with van der Waals surface area (Å²) in [5, 5.41) is 65.5. The van der Waals surface area contributed by atoms with E-state index < -0.39 is 72.7 Å². The number of rotatable bonds is 11. The number of carboxylic acid groups (broad SMARTS) is 5. The van der Waals surface area contributed by atoms with E-state index in [9.17, 15) is 33.9 Å². The molecule has 28 heavy (non-hydrogen) atoms. The molecule has 1 atom stereocenters. The van der Waals surface area contributed by atoms with Crippen molar-refractivity contribution in [3.8, 4) is 0 Å². The van der Waals surface area contributed by atoms with Gasteiger partial charge >= 0.3 is 65.4 Å². The van der Waals surface area contributed by atoms with Gasteiger partial charge in [0.2, 0.25) is 5.60 Å². The molecule has 0 aromatic carbocycles. The fourth-order valence-corrected chi connectivity index (χ4v) is 1.77. The van der Waals surface area contributed by atoms with Crippen LogP contribution in [0.2, 0.25) is 0 Å². The van der Waals surface area contributed by atoms with Gasteiger partial charge in [-0.1, -0.05) is 0 Å². The second-order valence-corrected chi connectivity index (χ2v) is 5.00. The molecule has 0 saturated heterocycles. The minimum atomic E-state index is -3.17. The first kappa shape index (κ1) is 30.4. The summed E-state index contributed by atoms with van der Waals surface area (Å²) in [7, 11) is 0. The predicted octanol–water partition coefficient (Wildman–Crippen LogP) is -2.65. The molecule has 0 amide bonds. The Morgan fingerprint density at radius 3 is 1.25 bits per heavy atom. The number of hydrogen-bond donors (Lipinski definition) is 8. The van der Waals surface area contributed by atoms with Crippen LogP contribution in [-0.2, 0) is 33.5 Å². The number of ether oxygens (including phenoxy) is 1. The number of esters is 1. The Bertz CT molecular complexity index is 598. The maximum atomic E-state index is 11.7. The normalized spacial score (nSPS) is 12.1. The SMILES string of the molecule is O=C(O)CC(O)(CC(=O)OC(CC(=O)O)(CC(=O)O)C(=O)O)C(=O)O.OO.[NaH]. The molecule has 8 N–H and O–H groups in total. The van der Waals surface area contributed by atoms with Gasteiger partial charge in [0.15, 0.2) is 5.60 Å². The van der Waals surface area contributed by atoms with Crippen molar-refractivity contribution in [1.82, 2.24) is 0 Å². The average Bonchev–Trinajstić information content (AvgIpc) is 2.45. The van der Waals surface area contributed by atoms with Gasteiger partial charge in [-0.15, -0.1) is 0 Å². The van der Waals surface area contributed by atoms with Crippen LogP contribution in [0.1, 0.15) is 25.7 Å². The van der Waals surface area contributed by atoms with E-state index in [1.54, 1.807) is 0 Å². The van der Waals surface area contributed by atoms with Crippen LogP contribution in [0.25, 0.3) is 0 Å². The number of carbonyl (C=O) groups is 6. The third kappa shape index (κ3) is 10.1. The molecule has 16 heteroatoms. The van der Waals surface area contributed by atoms with E-state index in [0.717, 1.165) is 0 Å². The fraction of sp³-hybridized carbons (Fsp3) is 0.500. The molecule has 0 aromatic rings. The molecule has 0 radical (unpaired) electrons. The maximum absolute atomic E-state index is 11.7. The summed E-state index contributed by atoms with van der Waals surface area (Å²) in [6.07, 6.45) is -5.94. The molecular weight excluding hydrogens is 407 g/mol. The van der Waals surface area contributed by atoms with Crippen LogP contribution in [0, 0.1) is 0 Å². The van der Waals surface area contributed by atoms with Crippen LogP contribution < -0.4 is 0 Å². The second kappa shape index (κ2) is 13.0. The molecule has 0 fully saturated rings. The molecule has 0 aliphatic heterocycles. The molecule has 1 unspecified atom stereocenters. The third-order valence-corrected chi connectivity index (χ3v) is 2.85. The number of hydrogen-bond acceptors (Lipinski definition) is 10. The molecule has 15 nitrogen and oxygen atoms in total. The predicted molar refractivity (Wildman–Crippen MR) is 82.8 cm³/mol. The van der Waals surface area contributed by atoms with Crippen molar-refractivity contribution in [2.45, 2.75) is 36.9 Å². The van der Waals surface area contributed by atoms with Crippen LogP contribution >= 0.6 is 0 Å². The Hall–Kier alpha value is -2.30. The molecule has 0 spiro atoms. The number of aliphatic hydroxyl groups is 1. The quantitative estimate of drug-likeness (QED) is 0.0727. The summed E-state index contributed by atoms with van der Waals surface area (Å²) in [5.74, 6) is -11.6. The van der Waals surface area contributed by atoms with Gasteiger partial charge in [-0.25, -0.2) is 9.59 Å². The Morgan fingerprint density at radius 2 is 1.00 bits per heavy atom. The summed E-state index contributed by atoms with van der Waals surface area (Å²) >= 11 is 0. The topological polar surface area (TPSA) is 273 Å². The first-order chi connectivity index (χ1) is 12.2. The zero-order chi connectivity index (χ0) is 22.0. The number of aliphatic carboxylic acids is 5. The molecule has 0 heterocycles. The molecule has 156 valence electrons. The summed E-state index contributed by atoms with van der Waals surface area (Å²) in [5.41, 5.74) is -6.24. The molecule has 0 saturated carbocycles. The van der Waals surface area contributed by atoms with Gasteiger partial charge in [-0.3, -0.25) is 29.7 Å². The Kier molecular flexibility index (Phi) is 14.1. The summed E-state index contributed by atoms with van der Waals surface area (Å²) in [4.78, 5) is 66.0. The van der Waals surface area contributed by atoms with Crippen molar-refractivity contribution in [1.29, 1.82) is 0 Å². The van der Waals surface area contributed by atoms with Crippen LogP contribution in [0.5, 0.6) is 0 Å². The van der Waals surface area contributed by atoms with Crippen LogP contribution in [0.4, 0.5) is 0 Å². The third-order valence-electron chi connectivity index (χ3n) is 2.85. The number of carboxylic acids is 5. The zero-order valence-electron chi connectivity index (χ0n) is 13.3. The zero-order valence-corrected chi connectivity index (χ0v) is 13.3. The second-order valence-electron chi connectivity index (χ2n) is 5.00. The van der Waals surface area contributed by atoms with Gasteiger partial charge in [-0.05, 0) is 0 Å². The summed E-state index contributed by atoms with van der Waals surface area (Å²) < 4.78 is 4.33. The van der Waals surface area contributed by atoms with Crippen LogP contribution in [0.15, 0.2) is 0 Å². The van der Waals surface area contributed by atoms with Gasteiger partial charge in [0.25, 0.3) is 0 Å². The molecule has 0 aliphatic carbocycles. The van der Waals surface area contributed by atoms with Gasteiger partial charge in [0.1, 0.15) is 0 Å².